The lowest BCUT2D eigenvalue weighted by Gasteiger charge is -2.56. The second-order valence-corrected chi connectivity index (χ2v) is 5.70. The average molecular weight is 208 g/mol. The van der Waals surface area contributed by atoms with Crippen LogP contribution in [-0.2, 0) is 9.47 Å². The summed E-state index contributed by atoms with van der Waals surface area (Å²) in [6.07, 6.45) is 9.69. The summed E-state index contributed by atoms with van der Waals surface area (Å²) in [5.74, 6) is 2.83. The third kappa shape index (κ3) is 1.69. The zero-order valence-electron chi connectivity index (χ0n) is 9.28. The molecule has 0 aromatic rings. The lowest BCUT2D eigenvalue weighted by molar-refractivity contribution is -0.197. The van der Waals surface area contributed by atoms with Crippen molar-refractivity contribution < 1.29 is 9.47 Å². The molecule has 4 rings (SSSR count). The summed E-state index contributed by atoms with van der Waals surface area (Å²) in [6.45, 7) is 3.94. The summed E-state index contributed by atoms with van der Waals surface area (Å²) in [4.78, 5) is 0. The Labute approximate surface area is 91.6 Å². The molecular weight excluding hydrogens is 188 g/mol. The summed E-state index contributed by atoms with van der Waals surface area (Å²) in [7, 11) is 0. The molecule has 84 valence electrons. The zero-order valence-corrected chi connectivity index (χ0v) is 9.28. The van der Waals surface area contributed by atoms with Crippen LogP contribution >= 0.6 is 0 Å². The molecule has 0 aromatic carbocycles. The van der Waals surface area contributed by atoms with Crippen molar-refractivity contribution in [1.29, 1.82) is 0 Å². The van der Waals surface area contributed by atoms with Crippen LogP contribution in [0.5, 0.6) is 0 Å². The topological polar surface area (TPSA) is 18.5 Å². The van der Waals surface area contributed by atoms with Gasteiger partial charge in [0.25, 0.3) is 0 Å². The molecule has 4 fully saturated rings. The van der Waals surface area contributed by atoms with Gasteiger partial charge in [-0.25, -0.2) is 0 Å². The highest BCUT2D eigenvalue weighted by molar-refractivity contribution is 5.02. The predicted molar refractivity (Wildman–Crippen MR) is 58.1 cm³/mol. The molecule has 0 saturated heterocycles. The van der Waals surface area contributed by atoms with Gasteiger partial charge in [-0.15, -0.1) is 0 Å². The van der Waals surface area contributed by atoms with Crippen LogP contribution in [0.1, 0.15) is 38.5 Å². The van der Waals surface area contributed by atoms with E-state index in [1.807, 2.05) is 0 Å². The highest BCUT2D eigenvalue weighted by atomic mass is 16.7. The van der Waals surface area contributed by atoms with Gasteiger partial charge in [-0.3, -0.25) is 0 Å². The van der Waals surface area contributed by atoms with Crippen LogP contribution in [0.15, 0.2) is 12.8 Å². The Kier molecular flexibility index (Phi) is 2.27. The molecule has 4 bridgehead atoms. The van der Waals surface area contributed by atoms with E-state index in [4.69, 9.17) is 9.47 Å². The van der Waals surface area contributed by atoms with Crippen LogP contribution in [0, 0.1) is 17.8 Å². The fourth-order valence-electron chi connectivity index (χ4n) is 4.42. The molecule has 4 aliphatic rings. The Morgan fingerprint density at radius 2 is 1.60 bits per heavy atom. The van der Waals surface area contributed by atoms with Gasteiger partial charge < -0.3 is 9.47 Å². The maximum Gasteiger partial charge on any atom is 0.188 e. The van der Waals surface area contributed by atoms with Crippen molar-refractivity contribution in [3.63, 3.8) is 0 Å². The van der Waals surface area contributed by atoms with Crippen molar-refractivity contribution in [3.05, 3.63) is 12.8 Å². The van der Waals surface area contributed by atoms with Gasteiger partial charge in [0.2, 0.25) is 0 Å². The molecule has 0 atom stereocenters. The van der Waals surface area contributed by atoms with E-state index in [-0.39, 0.29) is 5.60 Å². The molecule has 0 aromatic heterocycles. The van der Waals surface area contributed by atoms with E-state index in [0.29, 0.717) is 6.79 Å². The Morgan fingerprint density at radius 1 is 1.07 bits per heavy atom. The fraction of sp³-hybridized carbons (Fsp3) is 0.846. The van der Waals surface area contributed by atoms with Crippen molar-refractivity contribution in [3.8, 4) is 0 Å². The summed E-state index contributed by atoms with van der Waals surface area (Å²) in [6, 6.07) is 0. The predicted octanol–water partition coefficient (Wildman–Crippen LogP) is 3.09. The van der Waals surface area contributed by atoms with Crippen molar-refractivity contribution in [2.24, 2.45) is 17.8 Å². The van der Waals surface area contributed by atoms with E-state index < -0.39 is 0 Å². The largest absolute Gasteiger partial charge is 0.476 e. The van der Waals surface area contributed by atoms with E-state index in [1.165, 1.54) is 44.8 Å². The quantitative estimate of drug-likeness (QED) is 0.401. The molecule has 2 nitrogen and oxygen atoms in total. The number of hydrogen-bond acceptors (Lipinski definition) is 2. The van der Waals surface area contributed by atoms with Crippen LogP contribution in [-0.4, -0.2) is 12.4 Å². The minimum atomic E-state index is 0.178. The lowest BCUT2D eigenvalue weighted by atomic mass is 9.54. The minimum Gasteiger partial charge on any atom is -0.476 e. The van der Waals surface area contributed by atoms with E-state index >= 15 is 0 Å². The Morgan fingerprint density at radius 3 is 2.07 bits per heavy atom. The molecule has 0 heterocycles. The normalized spacial score (nSPS) is 46.8. The van der Waals surface area contributed by atoms with E-state index in [9.17, 15) is 0 Å². The van der Waals surface area contributed by atoms with Gasteiger partial charge in [0.15, 0.2) is 6.79 Å². The maximum absolute atomic E-state index is 5.99. The first-order valence-corrected chi connectivity index (χ1v) is 6.16. The monoisotopic (exact) mass is 208 g/mol. The van der Waals surface area contributed by atoms with E-state index in [1.54, 1.807) is 0 Å². The first-order valence-electron chi connectivity index (χ1n) is 6.16. The second kappa shape index (κ2) is 3.51. The molecule has 0 unspecified atom stereocenters. The Bertz CT molecular complexity index is 224. The maximum atomic E-state index is 5.99. The minimum absolute atomic E-state index is 0.178. The number of ether oxygens (including phenoxy) is 2. The van der Waals surface area contributed by atoms with Crippen molar-refractivity contribution in [2.45, 2.75) is 44.1 Å². The van der Waals surface area contributed by atoms with Crippen LogP contribution < -0.4 is 0 Å². The third-order valence-electron chi connectivity index (χ3n) is 4.53. The zero-order chi connectivity index (χ0) is 10.3. The van der Waals surface area contributed by atoms with Gasteiger partial charge in [0.1, 0.15) is 0 Å². The molecule has 0 aliphatic heterocycles. The van der Waals surface area contributed by atoms with Gasteiger partial charge in [-0.05, 0) is 56.3 Å². The highest BCUT2D eigenvalue weighted by Crippen LogP contribution is 2.57. The molecule has 4 saturated carbocycles. The number of hydrogen-bond donors (Lipinski definition) is 0. The van der Waals surface area contributed by atoms with Crippen LogP contribution in [0.3, 0.4) is 0 Å². The van der Waals surface area contributed by atoms with Crippen LogP contribution in [0.4, 0.5) is 0 Å². The molecule has 0 radical (unpaired) electrons. The smallest absolute Gasteiger partial charge is 0.188 e. The van der Waals surface area contributed by atoms with Crippen LogP contribution in [0.25, 0.3) is 0 Å². The summed E-state index contributed by atoms with van der Waals surface area (Å²) < 4.78 is 11.1. The van der Waals surface area contributed by atoms with Gasteiger partial charge >= 0.3 is 0 Å². The summed E-state index contributed by atoms with van der Waals surface area (Å²) in [5, 5.41) is 0. The van der Waals surface area contributed by atoms with Gasteiger partial charge in [-0.1, -0.05) is 6.58 Å². The van der Waals surface area contributed by atoms with Gasteiger partial charge in [0.05, 0.1) is 11.9 Å². The second-order valence-electron chi connectivity index (χ2n) is 5.70. The summed E-state index contributed by atoms with van der Waals surface area (Å²) >= 11 is 0. The Balaban J connectivity index is 1.67. The Hall–Kier alpha value is -0.500. The summed E-state index contributed by atoms with van der Waals surface area (Å²) in [5.41, 5.74) is 0.178. The molecule has 0 amide bonds. The van der Waals surface area contributed by atoms with Gasteiger partial charge in [0, 0.05) is 0 Å². The van der Waals surface area contributed by atoms with E-state index in [2.05, 4.69) is 6.58 Å². The van der Waals surface area contributed by atoms with Gasteiger partial charge in [-0.2, -0.15) is 0 Å². The van der Waals surface area contributed by atoms with Crippen molar-refractivity contribution >= 4 is 0 Å². The van der Waals surface area contributed by atoms with Crippen LogP contribution in [0.2, 0.25) is 0 Å². The van der Waals surface area contributed by atoms with Crippen molar-refractivity contribution in [1.82, 2.24) is 0 Å². The van der Waals surface area contributed by atoms with Crippen molar-refractivity contribution in [2.75, 3.05) is 6.79 Å². The molecule has 0 spiro atoms. The molecular formula is C13H20O2. The fourth-order valence-corrected chi connectivity index (χ4v) is 4.42. The first-order chi connectivity index (χ1) is 7.30. The number of rotatable bonds is 4. The first kappa shape index (κ1) is 9.71. The van der Waals surface area contributed by atoms with E-state index in [0.717, 1.165) is 17.8 Å². The average Bonchev–Trinajstić information content (AvgIpc) is 2.15. The third-order valence-corrected chi connectivity index (χ3v) is 4.53. The molecule has 4 aliphatic carbocycles. The molecule has 15 heavy (non-hydrogen) atoms. The highest BCUT2D eigenvalue weighted by Gasteiger charge is 2.51. The molecule has 2 heteroatoms. The SMILES string of the molecule is C=COCOC12CC3CC(CC(C3)C1)C2. The lowest BCUT2D eigenvalue weighted by Crippen LogP contribution is -2.52. The standard InChI is InChI=1S/C13H20O2/c1-2-14-9-15-13-6-10-3-11(7-13)5-12(4-10)8-13/h2,10-12H,1,3-9H2. The molecule has 0 N–H and O–H groups in total.